The molecule has 2 fully saturated rings. The molecule has 13 atom stereocenters. The molecule has 0 saturated carbocycles. The monoisotopic (exact) mass is 1350 g/mol. The number of amides is 12. The van der Waals surface area contributed by atoms with Crippen molar-refractivity contribution in [2.45, 2.75) is 150 Å². The Bertz CT molecular complexity index is 2900. The van der Waals surface area contributed by atoms with Crippen LogP contribution < -0.4 is 65.1 Å². The largest absolute Gasteiger partial charge is 0.508 e. The lowest BCUT2D eigenvalue weighted by Gasteiger charge is -2.31. The minimum atomic E-state index is -1.96. The first-order valence-electron chi connectivity index (χ1n) is 28.8. The normalized spacial score (nSPS) is 25.3. The molecular formula is C56H81N13O18S4. The van der Waals surface area contributed by atoms with E-state index in [1.165, 1.54) is 72.1 Å². The molecule has 0 aliphatic carbocycles. The van der Waals surface area contributed by atoms with Crippen LogP contribution in [-0.2, 0) is 75.2 Å². The van der Waals surface area contributed by atoms with Gasteiger partial charge in [0, 0.05) is 37.3 Å². The fourth-order valence-corrected chi connectivity index (χ4v) is 12.6. The number of hydrogen-bond acceptors (Lipinski definition) is 22. The molecule has 35 heteroatoms. The molecule has 2 saturated heterocycles. The van der Waals surface area contributed by atoms with Gasteiger partial charge in [0.05, 0.1) is 24.7 Å². The predicted octanol–water partition coefficient (Wildman–Crippen LogP) is -4.55. The number of aliphatic hydroxyl groups excluding tert-OH is 2. The van der Waals surface area contributed by atoms with Crippen LogP contribution in [0.5, 0.6) is 11.5 Å². The van der Waals surface area contributed by atoms with Gasteiger partial charge in [0.15, 0.2) is 0 Å². The van der Waals surface area contributed by atoms with Crippen molar-refractivity contribution in [3.05, 3.63) is 59.7 Å². The van der Waals surface area contributed by atoms with Crippen LogP contribution in [-0.4, -0.2) is 228 Å². The van der Waals surface area contributed by atoms with E-state index in [1.54, 1.807) is 12.5 Å². The van der Waals surface area contributed by atoms with Crippen LogP contribution in [0.2, 0.25) is 0 Å². The zero-order valence-electron chi connectivity index (χ0n) is 50.4. The lowest BCUT2D eigenvalue weighted by molar-refractivity contribution is -0.144. The number of thioether (sulfide) groups is 2. The minimum absolute atomic E-state index is 0.0642. The van der Waals surface area contributed by atoms with E-state index in [4.69, 9.17) is 17.2 Å². The second-order valence-electron chi connectivity index (χ2n) is 21.6. The number of carboxylic acid groups (broad SMARTS) is 1. The number of hydrogen-bond donors (Lipinski definition) is 17. The molecule has 4 rings (SSSR count). The van der Waals surface area contributed by atoms with Gasteiger partial charge in [-0.05, 0) is 105 Å². The maximum atomic E-state index is 14.6. The molecule has 0 unspecified atom stereocenters. The van der Waals surface area contributed by atoms with E-state index in [0.717, 1.165) is 40.3 Å². The zero-order valence-corrected chi connectivity index (χ0v) is 53.6. The Morgan fingerprint density at radius 2 is 1.07 bits per heavy atom. The summed E-state index contributed by atoms with van der Waals surface area (Å²) in [6, 6.07) is -7.27. The Hall–Kier alpha value is -7.57. The van der Waals surface area contributed by atoms with E-state index in [2.05, 4.69) is 47.9 Å². The van der Waals surface area contributed by atoms with Gasteiger partial charge in [-0.15, -0.1) is 0 Å². The summed E-state index contributed by atoms with van der Waals surface area (Å²) < 4.78 is 0. The first-order chi connectivity index (χ1) is 43.0. The van der Waals surface area contributed by atoms with Gasteiger partial charge < -0.3 is 95.5 Å². The third kappa shape index (κ3) is 24.9. The molecule has 0 aromatic heterocycles. The van der Waals surface area contributed by atoms with Crippen molar-refractivity contribution in [3.63, 3.8) is 0 Å². The topological polar surface area (TPSA) is 513 Å². The van der Waals surface area contributed by atoms with Gasteiger partial charge in [-0.1, -0.05) is 45.9 Å². The van der Waals surface area contributed by atoms with Crippen LogP contribution in [0.4, 0.5) is 0 Å². The highest BCUT2D eigenvalue weighted by Crippen LogP contribution is 2.25. The number of carboxylic acids is 1. The van der Waals surface area contributed by atoms with Gasteiger partial charge in [0.2, 0.25) is 70.9 Å². The highest BCUT2D eigenvalue weighted by atomic mass is 33.1. The lowest BCUT2D eigenvalue weighted by atomic mass is 10.0. The molecule has 0 radical (unpaired) electrons. The first-order valence-corrected chi connectivity index (χ1v) is 34.0. The molecule has 20 N–H and O–H groups in total. The van der Waals surface area contributed by atoms with Crippen LogP contribution in [0.1, 0.15) is 69.9 Å². The van der Waals surface area contributed by atoms with Crippen molar-refractivity contribution >= 4 is 122 Å². The van der Waals surface area contributed by atoms with Crippen molar-refractivity contribution in [2.24, 2.45) is 17.2 Å². The van der Waals surface area contributed by atoms with Crippen molar-refractivity contribution in [2.75, 3.05) is 42.1 Å². The number of nitrogens with one attached hydrogen (secondary N) is 9. The summed E-state index contributed by atoms with van der Waals surface area (Å²) in [5, 5.41) is 74.4. The van der Waals surface area contributed by atoms with E-state index in [0.29, 0.717) is 16.9 Å². The molecule has 0 bridgehead atoms. The summed E-state index contributed by atoms with van der Waals surface area (Å²) >= 11 is 2.65. The predicted molar refractivity (Wildman–Crippen MR) is 338 cm³/mol. The Morgan fingerprint density at radius 3 is 1.57 bits per heavy atom. The molecule has 0 spiro atoms. The summed E-state index contributed by atoms with van der Waals surface area (Å²) in [4.78, 5) is 181. The molecule has 12 amide bonds. The van der Waals surface area contributed by atoms with Gasteiger partial charge in [0.25, 0.3) is 0 Å². The number of phenols is 2. The fourth-order valence-electron chi connectivity index (χ4n) is 9.29. The highest BCUT2D eigenvalue weighted by Gasteiger charge is 2.42. The molecule has 31 nitrogen and oxygen atoms in total. The van der Waals surface area contributed by atoms with Crippen LogP contribution in [0, 0.1) is 0 Å². The van der Waals surface area contributed by atoms with Gasteiger partial charge in [-0.25, -0.2) is 4.79 Å². The first kappa shape index (κ1) is 75.9. The van der Waals surface area contributed by atoms with Gasteiger partial charge in [-0.3, -0.25) is 57.5 Å². The minimum Gasteiger partial charge on any atom is -0.508 e. The maximum absolute atomic E-state index is 14.6. The van der Waals surface area contributed by atoms with Crippen molar-refractivity contribution in [3.8, 4) is 11.5 Å². The highest BCUT2D eigenvalue weighted by molar-refractivity contribution is 8.76. The Morgan fingerprint density at radius 1 is 0.604 bits per heavy atom. The number of phenolic OH excluding ortho intramolecular Hbond substituents is 2. The number of aliphatic carboxylic acids is 1. The Labute approximate surface area is 540 Å². The number of primary amides is 2. The van der Waals surface area contributed by atoms with Gasteiger partial charge in [0.1, 0.15) is 71.9 Å². The number of aliphatic hydroxyl groups is 2. The molecule has 2 aromatic rings. The quantitative estimate of drug-likeness (QED) is 0.0555. The third-order valence-corrected chi connectivity index (χ3v) is 18.0. The summed E-state index contributed by atoms with van der Waals surface area (Å²) in [7, 11) is 1.70. The molecule has 91 heavy (non-hydrogen) atoms. The van der Waals surface area contributed by atoms with Crippen molar-refractivity contribution < 1.29 is 87.9 Å². The number of benzene rings is 2. The molecule has 502 valence electrons. The Kier molecular flexibility index (Phi) is 31.4. The van der Waals surface area contributed by atoms with Crippen molar-refractivity contribution in [1.82, 2.24) is 52.8 Å². The number of carbonyl (C=O) groups excluding carboxylic acids is 12. The lowest BCUT2D eigenvalue weighted by Crippen LogP contribution is -2.63. The second kappa shape index (κ2) is 37.7. The standard InChI is InChI=1S/C56H81N13O18S4/c1-27(70)44-53(83)63-37(23-30-9-13-32(73)14-10-30)49(79)60-34(15-16-42(58)74)47(77)61-35(18-21-89-4)48(78)66-40(56(86)87)26-91-90-25-39(65-46(76)33(57)17-20-88-3)51(81)62-36(22-29-7-11-31(72)12-8-29)50(80)64-38(24-43(59)75)55(85)69-19-5-6-41(69)52(82)67-45(28(2)71)54(84)68-44/h7-14,27-28,33-41,44-45,70-73H,5-6,15-26,57H2,1-4H3,(H2,58,74)(H2,59,75)(H,60,79)(H,61,77)(H,62,81)(H,63,83)(H,64,80)(H,65,76)(H,66,78)(H,67,82)(H,68,84)(H,86,87)/t27-,28-,33+,34+,35+,36+,37+,38+,39+,40+,41+,44+,45+/m1/s1. The number of aromatic hydroxyl groups is 2. The van der Waals surface area contributed by atoms with E-state index in [-0.39, 0.29) is 61.7 Å². The smallest absolute Gasteiger partial charge is 0.327 e. The summed E-state index contributed by atoms with van der Waals surface area (Å²) in [6.45, 7) is 2.03. The second-order valence-corrected chi connectivity index (χ2v) is 26.1. The average Bonchev–Trinajstić information content (AvgIpc) is 3.50. The molecule has 2 aliphatic rings. The summed E-state index contributed by atoms with van der Waals surface area (Å²) in [5.74, 6) is -14.5. The van der Waals surface area contributed by atoms with E-state index < -0.39 is 187 Å². The number of fused-ring (bicyclic) bond motifs is 1. The zero-order chi connectivity index (χ0) is 67.6. The molecular weight excluding hydrogens is 1270 g/mol. The fraction of sp³-hybridized carbons (Fsp3) is 0.554. The van der Waals surface area contributed by atoms with Crippen LogP contribution in [0.15, 0.2) is 48.5 Å². The summed E-state index contributed by atoms with van der Waals surface area (Å²) in [6.07, 6.45) is -2.49. The van der Waals surface area contributed by atoms with Crippen LogP contribution in [0.25, 0.3) is 0 Å². The van der Waals surface area contributed by atoms with E-state index in [1.807, 2.05) is 0 Å². The number of nitrogens with two attached hydrogens (primary N) is 3. The molecule has 2 heterocycles. The molecule has 2 aromatic carbocycles. The number of nitrogens with zero attached hydrogens (tertiary/aromatic N) is 1. The maximum Gasteiger partial charge on any atom is 0.327 e. The SMILES string of the molecule is CSCC[C@@H]1NC(=O)[C@H](CCC(N)=O)NC(=O)[C@H](Cc2ccc(O)cc2)NC(=O)[C@H]([C@@H](C)O)NC(=O)[C@H]([C@@H](C)O)NC(=O)[C@@H]2CCCN2C(=O)[C@H](CC(N)=O)NC(=O)[C@H](Cc2ccc(O)cc2)NC(=O)[C@@H](NC(=O)[C@@H](N)CCSC)CSSC[C@@H](C(=O)O)NC1=O. The number of carbonyl (C=O) groups is 13. The molecule has 2 aliphatic heterocycles. The Balaban J connectivity index is 1.85. The van der Waals surface area contributed by atoms with Crippen LogP contribution >= 0.6 is 45.1 Å². The van der Waals surface area contributed by atoms with E-state index >= 15 is 0 Å². The third-order valence-electron chi connectivity index (χ3n) is 14.3. The average molecular weight is 1350 g/mol. The van der Waals surface area contributed by atoms with Crippen LogP contribution in [0.3, 0.4) is 0 Å². The number of rotatable bonds is 20. The van der Waals surface area contributed by atoms with Crippen molar-refractivity contribution in [1.29, 1.82) is 0 Å². The van der Waals surface area contributed by atoms with Gasteiger partial charge in [-0.2, -0.15) is 23.5 Å². The van der Waals surface area contributed by atoms with E-state index in [9.17, 15) is 87.9 Å². The van der Waals surface area contributed by atoms with Gasteiger partial charge >= 0.3 is 5.97 Å². The summed E-state index contributed by atoms with van der Waals surface area (Å²) in [5.41, 5.74) is 17.9.